The lowest BCUT2D eigenvalue weighted by Crippen LogP contribution is -2.13. The molecule has 0 spiro atoms. The van der Waals surface area contributed by atoms with Crippen molar-refractivity contribution in [2.75, 3.05) is 0 Å². The number of hydrogen-bond acceptors (Lipinski definition) is 4. The minimum absolute atomic E-state index is 0.235. The predicted molar refractivity (Wildman–Crippen MR) is 69.9 cm³/mol. The first-order valence-corrected chi connectivity index (χ1v) is 6.27. The maximum absolute atomic E-state index is 6.07. The van der Waals surface area contributed by atoms with Gasteiger partial charge in [-0.3, -0.25) is 0 Å². The Morgan fingerprint density at radius 2 is 1.83 bits per heavy atom. The average molecular weight is 245 g/mol. The Hall–Kier alpha value is -1.68. The smallest absolute Gasteiger partial charge is 0.233 e. The van der Waals surface area contributed by atoms with Crippen LogP contribution in [0.5, 0.6) is 0 Å². The van der Waals surface area contributed by atoms with Gasteiger partial charge in [0.05, 0.1) is 6.04 Å². The van der Waals surface area contributed by atoms with Crippen molar-refractivity contribution >= 4 is 0 Å². The Kier molecular flexibility index (Phi) is 4.10. The third kappa shape index (κ3) is 3.40. The van der Waals surface area contributed by atoms with Crippen LogP contribution in [0.2, 0.25) is 0 Å². The molecule has 1 aromatic carbocycles. The molecule has 96 valence electrons. The molecule has 0 amide bonds. The van der Waals surface area contributed by atoms with Gasteiger partial charge in [-0.1, -0.05) is 44.2 Å². The number of rotatable bonds is 5. The summed E-state index contributed by atoms with van der Waals surface area (Å²) in [4.78, 5) is 0. The monoisotopic (exact) mass is 245 g/mol. The van der Waals surface area contributed by atoms with Crippen LogP contribution >= 0.6 is 0 Å². The number of aromatic nitrogens is 2. The topological polar surface area (TPSA) is 64.9 Å². The van der Waals surface area contributed by atoms with E-state index in [0.29, 0.717) is 24.1 Å². The van der Waals surface area contributed by atoms with Crippen LogP contribution in [0.15, 0.2) is 34.7 Å². The van der Waals surface area contributed by atoms with Gasteiger partial charge in [0.2, 0.25) is 11.8 Å². The first-order chi connectivity index (χ1) is 8.65. The van der Waals surface area contributed by atoms with Crippen molar-refractivity contribution in [3.05, 3.63) is 47.7 Å². The predicted octanol–water partition coefficient (Wildman–Crippen LogP) is 2.51. The van der Waals surface area contributed by atoms with Gasteiger partial charge in [0.25, 0.3) is 0 Å². The van der Waals surface area contributed by atoms with E-state index in [9.17, 15) is 0 Å². The molecule has 0 aliphatic rings. The zero-order valence-corrected chi connectivity index (χ0v) is 10.8. The standard InChI is InChI=1S/C14H19N3O/c1-10(2)8-13-16-17-14(18-13)12(15)9-11-6-4-3-5-7-11/h3-7,10,12H,8-9,15H2,1-2H3. The first-order valence-electron chi connectivity index (χ1n) is 6.27. The van der Waals surface area contributed by atoms with Crippen LogP contribution in [0.4, 0.5) is 0 Å². The molecule has 1 heterocycles. The second kappa shape index (κ2) is 5.78. The SMILES string of the molecule is CC(C)Cc1nnc(C(N)Cc2ccccc2)o1. The van der Waals surface area contributed by atoms with E-state index in [0.717, 1.165) is 6.42 Å². The molecular weight excluding hydrogens is 226 g/mol. The fourth-order valence-electron chi connectivity index (χ4n) is 1.80. The zero-order chi connectivity index (χ0) is 13.0. The molecule has 0 bridgehead atoms. The van der Waals surface area contributed by atoms with Gasteiger partial charge in [0.1, 0.15) is 0 Å². The van der Waals surface area contributed by atoms with E-state index in [2.05, 4.69) is 24.0 Å². The highest BCUT2D eigenvalue weighted by Crippen LogP contribution is 2.16. The van der Waals surface area contributed by atoms with E-state index in [4.69, 9.17) is 10.2 Å². The van der Waals surface area contributed by atoms with E-state index in [1.54, 1.807) is 0 Å². The molecule has 2 rings (SSSR count). The Bertz CT molecular complexity index is 479. The summed E-state index contributed by atoms with van der Waals surface area (Å²) in [6, 6.07) is 9.85. The lowest BCUT2D eigenvalue weighted by atomic mass is 10.1. The van der Waals surface area contributed by atoms with Crippen molar-refractivity contribution in [3.8, 4) is 0 Å². The average Bonchev–Trinajstić information content (AvgIpc) is 2.78. The van der Waals surface area contributed by atoms with E-state index < -0.39 is 0 Å². The highest BCUT2D eigenvalue weighted by atomic mass is 16.4. The quantitative estimate of drug-likeness (QED) is 0.879. The van der Waals surface area contributed by atoms with Crippen molar-refractivity contribution < 1.29 is 4.42 Å². The van der Waals surface area contributed by atoms with Crippen molar-refractivity contribution in [1.82, 2.24) is 10.2 Å². The summed E-state index contributed by atoms with van der Waals surface area (Å²) >= 11 is 0. The molecule has 1 atom stereocenters. The summed E-state index contributed by atoms with van der Waals surface area (Å²) in [6.07, 6.45) is 1.51. The molecule has 0 saturated carbocycles. The fraction of sp³-hybridized carbons (Fsp3) is 0.429. The number of benzene rings is 1. The highest BCUT2D eigenvalue weighted by Gasteiger charge is 2.15. The summed E-state index contributed by atoms with van der Waals surface area (Å²) in [6.45, 7) is 4.24. The molecule has 0 aliphatic carbocycles. The van der Waals surface area contributed by atoms with Gasteiger partial charge >= 0.3 is 0 Å². The molecule has 2 aromatic rings. The summed E-state index contributed by atoms with van der Waals surface area (Å²) in [7, 11) is 0. The summed E-state index contributed by atoms with van der Waals surface area (Å²) in [5.41, 5.74) is 7.25. The van der Waals surface area contributed by atoms with E-state index in [1.165, 1.54) is 5.56 Å². The van der Waals surface area contributed by atoms with Gasteiger partial charge < -0.3 is 10.2 Å². The van der Waals surface area contributed by atoms with Crippen molar-refractivity contribution in [3.63, 3.8) is 0 Å². The van der Waals surface area contributed by atoms with Crippen molar-refractivity contribution in [2.24, 2.45) is 11.7 Å². The van der Waals surface area contributed by atoms with Crippen LogP contribution < -0.4 is 5.73 Å². The Morgan fingerprint density at radius 3 is 2.50 bits per heavy atom. The lowest BCUT2D eigenvalue weighted by molar-refractivity contribution is 0.399. The normalized spacial score (nSPS) is 12.9. The van der Waals surface area contributed by atoms with Crippen LogP contribution in [0.3, 0.4) is 0 Å². The van der Waals surface area contributed by atoms with Gasteiger partial charge in [0, 0.05) is 6.42 Å². The molecule has 0 fully saturated rings. The molecule has 0 aliphatic heterocycles. The van der Waals surface area contributed by atoms with Gasteiger partial charge in [-0.25, -0.2) is 0 Å². The van der Waals surface area contributed by atoms with E-state index in [1.807, 2.05) is 30.3 Å². The minimum atomic E-state index is -0.235. The first kappa shape index (κ1) is 12.8. The van der Waals surface area contributed by atoms with Crippen LogP contribution in [-0.2, 0) is 12.8 Å². The van der Waals surface area contributed by atoms with Gasteiger partial charge in [0.15, 0.2) is 0 Å². The highest BCUT2D eigenvalue weighted by molar-refractivity contribution is 5.16. The Balaban J connectivity index is 2.00. The molecule has 4 heteroatoms. The number of nitrogens with zero attached hydrogens (tertiary/aromatic N) is 2. The lowest BCUT2D eigenvalue weighted by Gasteiger charge is -2.06. The molecule has 0 saturated heterocycles. The van der Waals surface area contributed by atoms with Crippen LogP contribution in [0.1, 0.15) is 37.2 Å². The zero-order valence-electron chi connectivity index (χ0n) is 10.8. The molecule has 18 heavy (non-hydrogen) atoms. The molecule has 1 unspecified atom stereocenters. The van der Waals surface area contributed by atoms with Crippen molar-refractivity contribution in [1.29, 1.82) is 0 Å². The molecule has 4 nitrogen and oxygen atoms in total. The Morgan fingerprint density at radius 1 is 1.11 bits per heavy atom. The molecule has 2 N–H and O–H groups in total. The summed E-state index contributed by atoms with van der Waals surface area (Å²) in [5.74, 6) is 1.70. The van der Waals surface area contributed by atoms with E-state index in [-0.39, 0.29) is 6.04 Å². The van der Waals surface area contributed by atoms with Crippen LogP contribution in [0, 0.1) is 5.92 Å². The third-order valence-electron chi connectivity index (χ3n) is 2.68. The van der Waals surface area contributed by atoms with Crippen LogP contribution in [-0.4, -0.2) is 10.2 Å². The summed E-state index contributed by atoms with van der Waals surface area (Å²) in [5, 5.41) is 8.05. The fourth-order valence-corrected chi connectivity index (χ4v) is 1.80. The third-order valence-corrected chi connectivity index (χ3v) is 2.68. The van der Waals surface area contributed by atoms with Crippen LogP contribution in [0.25, 0.3) is 0 Å². The van der Waals surface area contributed by atoms with E-state index >= 15 is 0 Å². The number of hydrogen-bond donors (Lipinski definition) is 1. The van der Waals surface area contributed by atoms with Gasteiger partial charge in [-0.05, 0) is 17.9 Å². The maximum Gasteiger partial charge on any atom is 0.233 e. The second-order valence-corrected chi connectivity index (χ2v) is 4.93. The summed E-state index contributed by atoms with van der Waals surface area (Å²) < 4.78 is 5.58. The molecular formula is C14H19N3O. The van der Waals surface area contributed by atoms with Gasteiger partial charge in [-0.15, -0.1) is 10.2 Å². The minimum Gasteiger partial charge on any atom is -0.424 e. The number of nitrogens with two attached hydrogens (primary N) is 1. The Labute approximate surface area is 107 Å². The molecule has 0 radical (unpaired) electrons. The van der Waals surface area contributed by atoms with Crippen molar-refractivity contribution in [2.45, 2.75) is 32.7 Å². The maximum atomic E-state index is 6.07. The van der Waals surface area contributed by atoms with Gasteiger partial charge in [-0.2, -0.15) is 0 Å². The second-order valence-electron chi connectivity index (χ2n) is 4.93. The molecule has 1 aromatic heterocycles. The largest absolute Gasteiger partial charge is 0.424 e.